The first-order valence-corrected chi connectivity index (χ1v) is 11.3. The molecule has 0 fully saturated rings. The average molecular weight is 434 g/mol. The van der Waals surface area contributed by atoms with Crippen LogP contribution in [0.4, 0.5) is 11.4 Å². The van der Waals surface area contributed by atoms with Crippen molar-refractivity contribution in [1.82, 2.24) is 5.32 Å². The van der Waals surface area contributed by atoms with Gasteiger partial charge in [0, 0.05) is 6.04 Å². The quantitative estimate of drug-likeness (QED) is 0.633. The van der Waals surface area contributed by atoms with Crippen molar-refractivity contribution in [2.45, 2.75) is 26.3 Å². The maximum absolute atomic E-state index is 12.6. The lowest BCUT2D eigenvalue weighted by Crippen LogP contribution is -2.38. The molecule has 0 saturated carbocycles. The summed E-state index contributed by atoms with van der Waals surface area (Å²) in [6.07, 6.45) is 1.80. The molecule has 0 bridgehead atoms. The number of nitrogens with zero attached hydrogens (tertiary/aromatic N) is 1. The molecule has 0 aliphatic rings. The Hall–Kier alpha value is -3.07. The maximum Gasteiger partial charge on any atom is 0.253 e. The second-order valence-corrected chi connectivity index (χ2v) is 8.75. The number of rotatable bonds is 9. The van der Waals surface area contributed by atoms with E-state index in [1.54, 1.807) is 48.5 Å². The number of hydrogen-bond donors (Lipinski definition) is 2. The molecule has 0 saturated heterocycles. The first-order valence-electron chi connectivity index (χ1n) is 9.47. The number of sulfonamides is 1. The Bertz CT molecular complexity index is 990. The van der Waals surface area contributed by atoms with Gasteiger partial charge in [-0.2, -0.15) is 0 Å². The largest absolute Gasteiger partial charge is 0.497 e. The van der Waals surface area contributed by atoms with Gasteiger partial charge in [-0.05, 0) is 49.7 Å². The fourth-order valence-electron chi connectivity index (χ4n) is 2.66. The molecular weight excluding hydrogens is 406 g/mol. The van der Waals surface area contributed by atoms with Crippen LogP contribution < -0.4 is 19.7 Å². The topological polar surface area (TPSA) is 105 Å². The number of amides is 2. The van der Waals surface area contributed by atoms with E-state index >= 15 is 0 Å². The van der Waals surface area contributed by atoms with E-state index in [-0.39, 0.29) is 11.9 Å². The Morgan fingerprint density at radius 1 is 1.10 bits per heavy atom. The number of para-hydroxylation sites is 1. The van der Waals surface area contributed by atoms with Crippen LogP contribution in [0.25, 0.3) is 0 Å². The predicted octanol–water partition coefficient (Wildman–Crippen LogP) is 2.63. The number of hydrogen-bond acceptors (Lipinski definition) is 5. The minimum atomic E-state index is -3.72. The van der Waals surface area contributed by atoms with Crippen molar-refractivity contribution in [2.75, 3.05) is 29.5 Å². The lowest BCUT2D eigenvalue weighted by molar-refractivity contribution is -0.114. The highest BCUT2D eigenvalue weighted by Crippen LogP contribution is 2.22. The van der Waals surface area contributed by atoms with E-state index in [1.165, 1.54) is 7.11 Å². The third-order valence-electron chi connectivity index (χ3n) is 4.48. The molecule has 2 N–H and O–H groups in total. The first-order chi connectivity index (χ1) is 14.2. The highest BCUT2D eigenvalue weighted by atomic mass is 32.2. The maximum atomic E-state index is 12.6. The number of nitrogens with one attached hydrogen (secondary N) is 2. The molecule has 0 aliphatic heterocycles. The highest BCUT2D eigenvalue weighted by Gasteiger charge is 2.22. The van der Waals surface area contributed by atoms with E-state index in [1.807, 2.05) is 13.8 Å². The Morgan fingerprint density at radius 2 is 1.73 bits per heavy atom. The molecule has 2 amide bonds. The molecule has 0 aromatic heterocycles. The molecule has 0 radical (unpaired) electrons. The first kappa shape index (κ1) is 23.2. The van der Waals surface area contributed by atoms with Crippen LogP contribution in [0.1, 0.15) is 30.6 Å². The van der Waals surface area contributed by atoms with E-state index in [2.05, 4.69) is 10.6 Å². The summed E-state index contributed by atoms with van der Waals surface area (Å²) in [5.41, 5.74) is 0.948. The van der Waals surface area contributed by atoms with Gasteiger partial charge in [-0.15, -0.1) is 0 Å². The zero-order chi connectivity index (χ0) is 22.3. The van der Waals surface area contributed by atoms with Gasteiger partial charge in [-0.25, -0.2) is 8.42 Å². The van der Waals surface area contributed by atoms with Gasteiger partial charge >= 0.3 is 0 Å². The molecule has 30 heavy (non-hydrogen) atoms. The number of carbonyl (C=O) groups is 2. The molecule has 8 nitrogen and oxygen atoms in total. The highest BCUT2D eigenvalue weighted by molar-refractivity contribution is 7.92. The van der Waals surface area contributed by atoms with Crippen LogP contribution in [0, 0.1) is 0 Å². The molecule has 2 aromatic carbocycles. The molecule has 162 valence electrons. The van der Waals surface area contributed by atoms with Gasteiger partial charge in [0.2, 0.25) is 15.9 Å². The van der Waals surface area contributed by atoms with Gasteiger partial charge in [0.05, 0.1) is 30.3 Å². The van der Waals surface area contributed by atoms with E-state index < -0.39 is 22.5 Å². The summed E-state index contributed by atoms with van der Waals surface area (Å²) >= 11 is 0. The smallest absolute Gasteiger partial charge is 0.253 e. The number of methoxy groups -OCH3 is 1. The summed E-state index contributed by atoms with van der Waals surface area (Å²) in [5.74, 6) is -0.312. The van der Waals surface area contributed by atoms with Crippen LogP contribution in [-0.4, -0.2) is 46.2 Å². The Morgan fingerprint density at radius 3 is 2.30 bits per heavy atom. The van der Waals surface area contributed by atoms with Crippen molar-refractivity contribution in [2.24, 2.45) is 0 Å². The van der Waals surface area contributed by atoms with Crippen molar-refractivity contribution in [3.63, 3.8) is 0 Å². The summed E-state index contributed by atoms with van der Waals surface area (Å²) in [6, 6.07) is 12.9. The molecule has 2 rings (SSSR count). The minimum Gasteiger partial charge on any atom is -0.497 e. The number of ether oxygens (including phenoxy) is 1. The monoisotopic (exact) mass is 433 g/mol. The van der Waals surface area contributed by atoms with Crippen molar-refractivity contribution in [3.05, 3.63) is 54.1 Å². The van der Waals surface area contributed by atoms with E-state index in [0.29, 0.717) is 22.7 Å². The molecule has 0 heterocycles. The average Bonchev–Trinajstić information content (AvgIpc) is 2.71. The molecule has 9 heteroatoms. The molecule has 0 unspecified atom stereocenters. The van der Waals surface area contributed by atoms with Gasteiger partial charge in [0.1, 0.15) is 12.3 Å². The molecule has 0 spiro atoms. The van der Waals surface area contributed by atoms with Gasteiger partial charge in [0.25, 0.3) is 5.91 Å². The minimum absolute atomic E-state index is 0.0166. The molecule has 2 aromatic rings. The van der Waals surface area contributed by atoms with Gasteiger partial charge < -0.3 is 15.4 Å². The predicted molar refractivity (Wildman–Crippen MR) is 117 cm³/mol. The summed E-state index contributed by atoms with van der Waals surface area (Å²) in [7, 11) is -2.21. The molecule has 1 atom stereocenters. The van der Waals surface area contributed by atoms with Crippen LogP contribution in [0.5, 0.6) is 5.75 Å². The van der Waals surface area contributed by atoms with Crippen LogP contribution in [0.15, 0.2) is 48.5 Å². The Balaban J connectivity index is 2.21. The lowest BCUT2D eigenvalue weighted by Gasteiger charge is -2.22. The molecule has 0 aliphatic carbocycles. The van der Waals surface area contributed by atoms with Gasteiger partial charge in [0.15, 0.2) is 0 Å². The van der Waals surface area contributed by atoms with Gasteiger partial charge in [-0.3, -0.25) is 13.9 Å². The zero-order valence-electron chi connectivity index (χ0n) is 17.5. The number of benzene rings is 2. The van der Waals surface area contributed by atoms with Gasteiger partial charge in [-0.1, -0.05) is 19.1 Å². The second-order valence-electron chi connectivity index (χ2n) is 6.84. The van der Waals surface area contributed by atoms with E-state index in [0.717, 1.165) is 17.0 Å². The van der Waals surface area contributed by atoms with Crippen molar-refractivity contribution in [3.8, 4) is 5.75 Å². The summed E-state index contributed by atoms with van der Waals surface area (Å²) in [5, 5.41) is 5.50. The summed E-state index contributed by atoms with van der Waals surface area (Å²) in [4.78, 5) is 25.1. The lowest BCUT2D eigenvalue weighted by atomic mass is 10.1. The third kappa shape index (κ3) is 6.21. The fourth-order valence-corrected chi connectivity index (χ4v) is 3.52. The third-order valence-corrected chi connectivity index (χ3v) is 5.62. The van der Waals surface area contributed by atoms with Crippen molar-refractivity contribution >= 4 is 33.2 Å². The zero-order valence-corrected chi connectivity index (χ0v) is 18.3. The molecular formula is C21H27N3O5S. The fraction of sp³-hybridized carbons (Fsp3) is 0.333. The van der Waals surface area contributed by atoms with Crippen LogP contribution in [-0.2, 0) is 14.8 Å². The van der Waals surface area contributed by atoms with Crippen molar-refractivity contribution in [1.29, 1.82) is 0 Å². The number of carbonyl (C=O) groups excluding carboxylic acids is 2. The number of anilines is 2. The van der Waals surface area contributed by atoms with Crippen LogP contribution in [0.3, 0.4) is 0 Å². The normalized spacial score (nSPS) is 12.0. The van der Waals surface area contributed by atoms with E-state index in [4.69, 9.17) is 4.74 Å². The standard InChI is InChI=1S/C21H27N3O5S/c1-5-15(2)22-21(26)18-8-6-7-9-19(18)23-20(25)14-24(30(4,27)28)16-10-12-17(29-3)13-11-16/h6-13,15H,5,14H2,1-4H3,(H,22,26)(H,23,25)/t15-/m1/s1. The van der Waals surface area contributed by atoms with Crippen LogP contribution >= 0.6 is 0 Å². The SMILES string of the molecule is CC[C@@H](C)NC(=O)c1ccccc1NC(=O)CN(c1ccc(OC)cc1)S(C)(=O)=O. The summed E-state index contributed by atoms with van der Waals surface area (Å²) < 4.78 is 30.6. The Labute approximate surface area is 177 Å². The van der Waals surface area contributed by atoms with Crippen molar-refractivity contribution < 1.29 is 22.7 Å². The van der Waals surface area contributed by atoms with Crippen LogP contribution in [0.2, 0.25) is 0 Å². The Kier molecular flexibility index (Phi) is 7.82. The summed E-state index contributed by atoms with van der Waals surface area (Å²) in [6.45, 7) is 3.40. The second kappa shape index (κ2) is 10.1. The van der Waals surface area contributed by atoms with E-state index in [9.17, 15) is 18.0 Å².